The van der Waals surface area contributed by atoms with Gasteiger partial charge in [0.25, 0.3) is 0 Å². The summed E-state index contributed by atoms with van der Waals surface area (Å²) in [7, 11) is 1.69. The molecule has 0 spiro atoms. The van der Waals surface area contributed by atoms with Crippen molar-refractivity contribution in [2.75, 3.05) is 26.2 Å². The fourth-order valence-electron chi connectivity index (χ4n) is 4.97. The fraction of sp³-hybridized carbons (Fsp3) is 0.357. The van der Waals surface area contributed by atoms with Crippen LogP contribution in [0.5, 0.6) is 0 Å². The minimum atomic E-state index is -0.608. The molecule has 0 N–H and O–H groups in total. The number of Topliss-reactive ketones (excluding diaryl/α,β-unsaturated/α-hetero) is 1. The summed E-state index contributed by atoms with van der Waals surface area (Å²) in [6.07, 6.45) is 6.32. The normalized spacial score (nSPS) is 15.6. The van der Waals surface area contributed by atoms with Gasteiger partial charge in [0.2, 0.25) is 11.8 Å². The maximum Gasteiger partial charge on any atom is 0.244 e. The molecule has 206 valence electrons. The van der Waals surface area contributed by atoms with Crippen molar-refractivity contribution in [3.63, 3.8) is 0 Å². The summed E-state index contributed by atoms with van der Waals surface area (Å²) >= 11 is 0. The van der Waals surface area contributed by atoms with Crippen LogP contribution in [0.4, 0.5) is 8.78 Å². The first-order chi connectivity index (χ1) is 19.2. The number of hydrogen-bond donors (Lipinski definition) is 0. The molecule has 2 amide bonds. The molecule has 0 unspecified atom stereocenters. The molecule has 40 heavy (non-hydrogen) atoms. The molecule has 1 saturated heterocycles. The second kappa shape index (κ2) is 10.2. The third-order valence-electron chi connectivity index (χ3n) is 7.35. The van der Waals surface area contributed by atoms with Crippen LogP contribution in [0.2, 0.25) is 0 Å². The van der Waals surface area contributed by atoms with Crippen LogP contribution in [0.15, 0.2) is 42.9 Å². The number of pyridine rings is 1. The number of benzene rings is 1. The van der Waals surface area contributed by atoms with E-state index in [1.54, 1.807) is 24.3 Å². The van der Waals surface area contributed by atoms with Gasteiger partial charge in [-0.3, -0.25) is 23.7 Å². The van der Waals surface area contributed by atoms with Gasteiger partial charge in [-0.2, -0.15) is 10.2 Å². The SMILES string of the molecule is Cn1cc(-c2nc(C(=O)Cc3cc4cn(CC(=O)N5CCN(C(=O)C6CC6)CC5)nc4cc3F)ccc2F)cn1. The van der Waals surface area contributed by atoms with Crippen molar-refractivity contribution in [1.82, 2.24) is 34.3 Å². The van der Waals surface area contributed by atoms with Gasteiger partial charge in [0.1, 0.15) is 29.6 Å². The highest BCUT2D eigenvalue weighted by Crippen LogP contribution is 2.31. The highest BCUT2D eigenvalue weighted by atomic mass is 19.1. The smallest absolute Gasteiger partial charge is 0.244 e. The first-order valence-electron chi connectivity index (χ1n) is 13.2. The molecule has 2 aliphatic rings. The summed E-state index contributed by atoms with van der Waals surface area (Å²) in [4.78, 5) is 45.8. The number of fused-ring (bicyclic) bond motifs is 1. The molecule has 2 fully saturated rings. The average Bonchev–Trinajstić information content (AvgIpc) is 3.60. The number of halogens is 2. The van der Waals surface area contributed by atoms with Crippen molar-refractivity contribution < 1.29 is 23.2 Å². The van der Waals surface area contributed by atoms with Gasteiger partial charge in [-0.15, -0.1) is 0 Å². The van der Waals surface area contributed by atoms with Gasteiger partial charge in [0.15, 0.2) is 5.78 Å². The van der Waals surface area contributed by atoms with E-state index in [9.17, 15) is 23.2 Å². The zero-order valence-corrected chi connectivity index (χ0v) is 21.9. The lowest BCUT2D eigenvalue weighted by molar-refractivity contribution is -0.140. The predicted octanol–water partition coefficient (Wildman–Crippen LogP) is 2.62. The largest absolute Gasteiger partial charge is 0.339 e. The Bertz CT molecular complexity index is 1630. The van der Waals surface area contributed by atoms with Crippen LogP contribution in [-0.4, -0.2) is 78.1 Å². The molecule has 4 aromatic rings. The van der Waals surface area contributed by atoms with E-state index in [1.165, 1.54) is 33.8 Å². The molecule has 1 saturated carbocycles. The summed E-state index contributed by atoms with van der Waals surface area (Å²) in [5.74, 6) is -1.45. The topological polar surface area (TPSA) is 106 Å². The van der Waals surface area contributed by atoms with Crippen LogP contribution in [0.25, 0.3) is 22.2 Å². The Hall–Kier alpha value is -4.48. The molecule has 1 aromatic carbocycles. The van der Waals surface area contributed by atoms with Gasteiger partial charge >= 0.3 is 0 Å². The molecule has 0 radical (unpaired) electrons. The molecule has 1 aliphatic heterocycles. The Kier molecular flexibility index (Phi) is 6.60. The van der Waals surface area contributed by atoms with Gasteiger partial charge < -0.3 is 9.80 Å². The molecule has 0 bridgehead atoms. The van der Waals surface area contributed by atoms with Crippen LogP contribution in [0, 0.1) is 17.6 Å². The van der Waals surface area contributed by atoms with Crippen LogP contribution in [0.1, 0.15) is 28.9 Å². The maximum atomic E-state index is 14.9. The van der Waals surface area contributed by atoms with Crippen LogP contribution in [0.3, 0.4) is 0 Å². The van der Waals surface area contributed by atoms with Crippen molar-refractivity contribution in [3.05, 3.63) is 65.7 Å². The van der Waals surface area contributed by atoms with E-state index in [2.05, 4.69) is 15.2 Å². The molecule has 3 aromatic heterocycles. The number of carbonyl (C=O) groups excluding carboxylic acids is 3. The minimum Gasteiger partial charge on any atom is -0.339 e. The fourth-order valence-corrected chi connectivity index (χ4v) is 4.97. The number of aromatic nitrogens is 5. The van der Waals surface area contributed by atoms with E-state index in [4.69, 9.17) is 0 Å². The average molecular weight is 548 g/mol. The first kappa shape index (κ1) is 25.8. The van der Waals surface area contributed by atoms with Gasteiger partial charge in [0.05, 0.1) is 11.7 Å². The van der Waals surface area contributed by atoms with E-state index >= 15 is 0 Å². The molecule has 1 aliphatic carbocycles. The number of amides is 2. The zero-order chi connectivity index (χ0) is 28.0. The lowest BCUT2D eigenvalue weighted by Gasteiger charge is -2.34. The molecule has 10 nitrogen and oxygen atoms in total. The van der Waals surface area contributed by atoms with Crippen LogP contribution >= 0.6 is 0 Å². The Balaban J connectivity index is 1.13. The molecule has 4 heterocycles. The number of carbonyl (C=O) groups is 3. The van der Waals surface area contributed by atoms with Gasteiger partial charge in [-0.05, 0) is 36.6 Å². The Morgan fingerprint density at radius 3 is 2.42 bits per heavy atom. The maximum absolute atomic E-state index is 14.9. The molecule has 12 heteroatoms. The van der Waals surface area contributed by atoms with Crippen molar-refractivity contribution in [2.24, 2.45) is 13.0 Å². The quantitative estimate of drug-likeness (QED) is 0.330. The second-order valence-electron chi connectivity index (χ2n) is 10.3. The Morgan fingerprint density at radius 1 is 0.975 bits per heavy atom. The summed E-state index contributed by atoms with van der Waals surface area (Å²) in [5, 5.41) is 8.93. The van der Waals surface area contributed by atoms with Crippen LogP contribution < -0.4 is 0 Å². The predicted molar refractivity (Wildman–Crippen MR) is 140 cm³/mol. The molecular formula is C28H27F2N7O3. The number of ketones is 1. The Morgan fingerprint density at radius 2 is 1.73 bits per heavy atom. The Labute approximate surface area is 228 Å². The standard InChI is InChI=1S/C28H27F2N7O3/c1-34-14-20(13-31-34)27-21(29)4-5-23(32-27)25(38)11-18-10-19-15-37(33-24(19)12-22(18)30)16-26(39)35-6-8-36(9-7-35)28(40)17-2-3-17/h4-5,10,12-15,17H,2-3,6-9,11,16H2,1H3. The van der Waals surface area contributed by atoms with Crippen molar-refractivity contribution in [2.45, 2.75) is 25.8 Å². The third-order valence-corrected chi connectivity index (χ3v) is 7.35. The van der Waals surface area contributed by atoms with Crippen LogP contribution in [-0.2, 0) is 29.6 Å². The second-order valence-corrected chi connectivity index (χ2v) is 10.3. The number of hydrogen-bond acceptors (Lipinski definition) is 6. The lowest BCUT2D eigenvalue weighted by Crippen LogP contribution is -2.51. The van der Waals surface area contributed by atoms with E-state index in [0.29, 0.717) is 42.6 Å². The van der Waals surface area contributed by atoms with Crippen molar-refractivity contribution in [1.29, 1.82) is 0 Å². The van der Waals surface area contributed by atoms with E-state index in [-0.39, 0.29) is 47.6 Å². The first-order valence-corrected chi connectivity index (χ1v) is 13.2. The van der Waals surface area contributed by atoms with Gasteiger partial charge in [-0.25, -0.2) is 13.8 Å². The lowest BCUT2D eigenvalue weighted by atomic mass is 10.0. The molecule has 6 rings (SSSR count). The number of rotatable bonds is 7. The highest BCUT2D eigenvalue weighted by molar-refractivity contribution is 5.97. The summed E-state index contributed by atoms with van der Waals surface area (Å²) in [6.45, 7) is 1.98. The summed E-state index contributed by atoms with van der Waals surface area (Å²) in [6, 6.07) is 5.21. The zero-order valence-electron chi connectivity index (χ0n) is 21.9. The number of aryl methyl sites for hydroxylation is 1. The van der Waals surface area contributed by atoms with E-state index < -0.39 is 17.4 Å². The van der Waals surface area contributed by atoms with Gasteiger partial charge in [-0.1, -0.05) is 0 Å². The summed E-state index contributed by atoms with van der Waals surface area (Å²) < 4.78 is 32.3. The number of piperazine rings is 1. The van der Waals surface area contributed by atoms with Crippen molar-refractivity contribution in [3.8, 4) is 11.3 Å². The molecular weight excluding hydrogens is 520 g/mol. The number of nitrogens with zero attached hydrogens (tertiary/aromatic N) is 7. The summed E-state index contributed by atoms with van der Waals surface area (Å²) in [5.41, 5.74) is 0.948. The van der Waals surface area contributed by atoms with E-state index in [0.717, 1.165) is 18.9 Å². The minimum absolute atomic E-state index is 0.00301. The van der Waals surface area contributed by atoms with E-state index in [1.807, 2.05) is 4.90 Å². The van der Waals surface area contributed by atoms with Crippen molar-refractivity contribution >= 4 is 28.5 Å². The highest BCUT2D eigenvalue weighted by Gasteiger charge is 2.35. The van der Waals surface area contributed by atoms with Gasteiger partial charge in [0, 0.05) is 75.0 Å². The third kappa shape index (κ3) is 5.21. The molecule has 0 atom stereocenters. The monoisotopic (exact) mass is 547 g/mol.